The lowest BCUT2D eigenvalue weighted by Crippen LogP contribution is -2.09. The Balaban J connectivity index is 2.19. The summed E-state index contributed by atoms with van der Waals surface area (Å²) in [6.45, 7) is 2.03. The molecule has 1 heterocycles. The minimum absolute atomic E-state index is 0.0276. The molecule has 0 unspecified atom stereocenters. The summed E-state index contributed by atoms with van der Waals surface area (Å²) in [5.41, 5.74) is 4.67. The molecule has 7 heteroatoms. The molecule has 3 N–H and O–H groups in total. The molecule has 1 aromatic heterocycles. The van der Waals surface area contributed by atoms with Crippen LogP contribution in [0.4, 0.5) is 11.5 Å². The predicted octanol–water partition coefficient (Wildman–Crippen LogP) is 2.88. The molecule has 0 aliphatic carbocycles. The summed E-state index contributed by atoms with van der Waals surface area (Å²) < 4.78 is 0. The van der Waals surface area contributed by atoms with Crippen molar-refractivity contribution in [3.05, 3.63) is 57.6 Å². The Bertz CT molecular complexity index is 634. The second kappa shape index (κ2) is 6.36. The third kappa shape index (κ3) is 3.46. The van der Waals surface area contributed by atoms with Crippen LogP contribution in [0.1, 0.15) is 11.1 Å². The number of aryl methyl sites for hydroxylation is 1. The Morgan fingerprint density at radius 2 is 2.15 bits per heavy atom. The number of nitrogens with zero attached hydrogens (tertiary/aromatic N) is 2. The molecule has 0 atom stereocenters. The minimum atomic E-state index is -0.458. The maximum atomic E-state index is 10.8. The number of nitro groups is 1. The summed E-state index contributed by atoms with van der Waals surface area (Å²) in [4.78, 5) is 14.6. The molecule has 104 valence electrons. The quantitative estimate of drug-likeness (QED) is 0.380. The summed E-state index contributed by atoms with van der Waals surface area (Å²) in [7, 11) is 0. The van der Waals surface area contributed by atoms with E-state index in [9.17, 15) is 10.1 Å². The number of nitrogens with one attached hydrogen (secondary N) is 1. The largest absolute Gasteiger partial charge is 0.308 e. The number of rotatable bonds is 5. The van der Waals surface area contributed by atoms with Crippen molar-refractivity contribution < 1.29 is 4.92 Å². The summed E-state index contributed by atoms with van der Waals surface area (Å²) in [6.07, 6.45) is 0. The van der Waals surface area contributed by atoms with E-state index in [0.29, 0.717) is 10.8 Å². The number of hydrogen-bond acceptors (Lipinski definition) is 6. The third-order valence-corrected chi connectivity index (χ3v) is 3.74. The van der Waals surface area contributed by atoms with Crippen molar-refractivity contribution in [1.29, 1.82) is 0 Å². The molecule has 0 bridgehead atoms. The van der Waals surface area contributed by atoms with E-state index in [4.69, 9.17) is 5.84 Å². The molecule has 0 amide bonds. The zero-order valence-electron chi connectivity index (χ0n) is 10.9. The number of anilines is 1. The van der Waals surface area contributed by atoms with Gasteiger partial charge in [0.05, 0.1) is 11.0 Å². The van der Waals surface area contributed by atoms with Gasteiger partial charge in [0.15, 0.2) is 0 Å². The molecule has 0 saturated heterocycles. The fourth-order valence-electron chi connectivity index (χ4n) is 1.67. The van der Waals surface area contributed by atoms with Crippen LogP contribution in [0.3, 0.4) is 0 Å². The lowest BCUT2D eigenvalue weighted by molar-refractivity contribution is -0.385. The number of aromatic nitrogens is 1. The van der Waals surface area contributed by atoms with Crippen molar-refractivity contribution in [3.63, 3.8) is 0 Å². The van der Waals surface area contributed by atoms with Crippen LogP contribution in [-0.4, -0.2) is 9.91 Å². The van der Waals surface area contributed by atoms with Crippen LogP contribution < -0.4 is 11.3 Å². The zero-order valence-corrected chi connectivity index (χ0v) is 11.7. The highest BCUT2D eigenvalue weighted by Gasteiger charge is 2.11. The van der Waals surface area contributed by atoms with Crippen LogP contribution in [0.5, 0.6) is 0 Å². The molecule has 20 heavy (non-hydrogen) atoms. The molecule has 0 spiro atoms. The molecule has 0 fully saturated rings. The van der Waals surface area contributed by atoms with Gasteiger partial charge in [0, 0.05) is 11.8 Å². The number of hydrazine groups is 1. The van der Waals surface area contributed by atoms with Gasteiger partial charge in [-0.15, -0.1) is 11.8 Å². The first-order chi connectivity index (χ1) is 9.60. The predicted molar refractivity (Wildman–Crippen MR) is 79.4 cm³/mol. The highest BCUT2D eigenvalue weighted by atomic mass is 32.2. The van der Waals surface area contributed by atoms with Crippen LogP contribution >= 0.6 is 11.8 Å². The topological polar surface area (TPSA) is 94.1 Å². The Kier molecular flexibility index (Phi) is 4.54. The highest BCUT2D eigenvalue weighted by Crippen LogP contribution is 2.27. The van der Waals surface area contributed by atoms with Crippen molar-refractivity contribution in [2.45, 2.75) is 17.7 Å². The lowest BCUT2D eigenvalue weighted by atomic mass is 10.1. The van der Waals surface area contributed by atoms with Crippen LogP contribution in [0.2, 0.25) is 0 Å². The third-order valence-electron chi connectivity index (χ3n) is 2.78. The van der Waals surface area contributed by atoms with Gasteiger partial charge in [-0.25, -0.2) is 10.8 Å². The van der Waals surface area contributed by atoms with Crippen molar-refractivity contribution in [2.75, 3.05) is 5.43 Å². The molecule has 0 aliphatic heterocycles. The maximum absolute atomic E-state index is 10.8. The molecular weight excluding hydrogens is 276 g/mol. The van der Waals surface area contributed by atoms with Gasteiger partial charge in [-0.05, 0) is 18.1 Å². The Morgan fingerprint density at radius 1 is 1.40 bits per heavy atom. The number of benzene rings is 1. The number of thioether (sulfide) groups is 1. The standard InChI is InChI=1S/C13H14N4O2S/c1-9-4-2-3-5-10(9)8-20-13-7-11(17(18)19)6-12(15-13)16-14/h2-7H,8,14H2,1H3,(H,15,16). The van der Waals surface area contributed by atoms with Crippen LogP contribution in [0.25, 0.3) is 0 Å². The van der Waals surface area contributed by atoms with Crippen LogP contribution in [-0.2, 0) is 5.75 Å². The Hall–Kier alpha value is -2.12. The van der Waals surface area contributed by atoms with E-state index in [1.165, 1.54) is 35.0 Å². The molecule has 0 radical (unpaired) electrons. The number of hydrogen-bond donors (Lipinski definition) is 2. The van der Waals surface area contributed by atoms with Crippen LogP contribution in [0, 0.1) is 17.0 Å². The Morgan fingerprint density at radius 3 is 2.80 bits per heavy atom. The first kappa shape index (κ1) is 14.3. The molecular formula is C13H14N4O2S. The van der Waals surface area contributed by atoms with E-state index in [0.717, 1.165) is 0 Å². The SMILES string of the molecule is Cc1ccccc1CSc1cc([N+](=O)[O-])cc(NN)n1. The van der Waals surface area contributed by atoms with Crippen molar-refractivity contribution in [1.82, 2.24) is 4.98 Å². The number of pyridine rings is 1. The summed E-state index contributed by atoms with van der Waals surface area (Å²) in [5.74, 6) is 6.26. The van der Waals surface area contributed by atoms with Gasteiger partial charge in [-0.1, -0.05) is 24.3 Å². The zero-order chi connectivity index (χ0) is 14.5. The molecule has 0 saturated carbocycles. The second-order valence-electron chi connectivity index (χ2n) is 4.17. The number of nitrogen functional groups attached to an aromatic ring is 1. The summed E-state index contributed by atoms with van der Waals surface area (Å²) >= 11 is 1.44. The van der Waals surface area contributed by atoms with E-state index < -0.39 is 4.92 Å². The average Bonchev–Trinajstić information content (AvgIpc) is 2.46. The van der Waals surface area contributed by atoms with Gasteiger partial charge >= 0.3 is 0 Å². The minimum Gasteiger partial charge on any atom is -0.308 e. The first-order valence-electron chi connectivity index (χ1n) is 5.90. The smallest absolute Gasteiger partial charge is 0.275 e. The highest BCUT2D eigenvalue weighted by molar-refractivity contribution is 7.98. The molecule has 6 nitrogen and oxygen atoms in total. The maximum Gasteiger partial charge on any atom is 0.275 e. The van der Waals surface area contributed by atoms with Crippen molar-refractivity contribution in [2.24, 2.45) is 5.84 Å². The van der Waals surface area contributed by atoms with Gasteiger partial charge < -0.3 is 5.43 Å². The average molecular weight is 290 g/mol. The second-order valence-corrected chi connectivity index (χ2v) is 5.16. The Labute approximate surface area is 120 Å². The van der Waals surface area contributed by atoms with Crippen molar-refractivity contribution in [3.8, 4) is 0 Å². The van der Waals surface area contributed by atoms with Gasteiger partial charge in [-0.2, -0.15) is 0 Å². The summed E-state index contributed by atoms with van der Waals surface area (Å²) in [6, 6.07) is 10.8. The van der Waals surface area contributed by atoms with Gasteiger partial charge in [0.2, 0.25) is 0 Å². The molecule has 2 aromatic rings. The molecule has 0 aliphatic rings. The molecule has 2 rings (SSSR count). The first-order valence-corrected chi connectivity index (χ1v) is 6.89. The van der Waals surface area contributed by atoms with Gasteiger partial charge in [0.1, 0.15) is 10.8 Å². The fourth-order valence-corrected chi connectivity index (χ4v) is 2.66. The molecule has 1 aromatic carbocycles. The van der Waals surface area contributed by atoms with E-state index in [1.807, 2.05) is 31.2 Å². The normalized spacial score (nSPS) is 10.3. The summed E-state index contributed by atoms with van der Waals surface area (Å²) in [5, 5.41) is 11.4. The van der Waals surface area contributed by atoms with E-state index in [-0.39, 0.29) is 11.5 Å². The number of nitrogens with two attached hydrogens (primary N) is 1. The van der Waals surface area contributed by atoms with E-state index in [2.05, 4.69) is 10.4 Å². The van der Waals surface area contributed by atoms with Crippen LogP contribution in [0.15, 0.2) is 41.4 Å². The van der Waals surface area contributed by atoms with Gasteiger partial charge in [-0.3, -0.25) is 10.1 Å². The van der Waals surface area contributed by atoms with Gasteiger partial charge in [0.25, 0.3) is 5.69 Å². The lowest BCUT2D eigenvalue weighted by Gasteiger charge is -2.06. The van der Waals surface area contributed by atoms with E-state index >= 15 is 0 Å². The fraction of sp³-hybridized carbons (Fsp3) is 0.154. The van der Waals surface area contributed by atoms with Crippen molar-refractivity contribution >= 4 is 23.3 Å². The monoisotopic (exact) mass is 290 g/mol. The van der Waals surface area contributed by atoms with E-state index in [1.54, 1.807) is 0 Å².